The molecular formula is C14H18F2N2O2. The summed E-state index contributed by atoms with van der Waals surface area (Å²) in [6.07, 6.45) is 0.865. The van der Waals surface area contributed by atoms with Crippen molar-refractivity contribution in [2.24, 2.45) is 0 Å². The fourth-order valence-corrected chi connectivity index (χ4v) is 1.74. The number of rotatable bonds is 6. The first-order chi connectivity index (χ1) is 9.43. The van der Waals surface area contributed by atoms with Crippen LogP contribution in [0.3, 0.4) is 0 Å². The predicted octanol–water partition coefficient (Wildman–Crippen LogP) is 2.55. The Balaban J connectivity index is 2.53. The molecule has 0 aliphatic heterocycles. The smallest absolute Gasteiger partial charge is 0.226 e. The van der Waals surface area contributed by atoms with Crippen molar-refractivity contribution < 1.29 is 18.4 Å². The van der Waals surface area contributed by atoms with Gasteiger partial charge in [0.05, 0.1) is 5.69 Å². The Bertz CT molecular complexity index is 492. The molecule has 6 heteroatoms. The molecule has 4 nitrogen and oxygen atoms in total. The van der Waals surface area contributed by atoms with Crippen LogP contribution in [-0.4, -0.2) is 29.8 Å². The maximum atomic E-state index is 13.3. The van der Waals surface area contributed by atoms with Crippen molar-refractivity contribution in [3.05, 3.63) is 29.8 Å². The zero-order valence-electron chi connectivity index (χ0n) is 11.6. The maximum absolute atomic E-state index is 13.3. The minimum atomic E-state index is -0.824. The zero-order valence-corrected chi connectivity index (χ0v) is 11.6. The number of hydrogen-bond donors (Lipinski definition) is 1. The van der Waals surface area contributed by atoms with E-state index in [0.29, 0.717) is 12.6 Å². The maximum Gasteiger partial charge on any atom is 0.226 e. The van der Waals surface area contributed by atoms with Gasteiger partial charge in [-0.15, -0.1) is 0 Å². The molecule has 0 unspecified atom stereocenters. The summed E-state index contributed by atoms with van der Waals surface area (Å²) in [5.74, 6) is -2.05. The van der Waals surface area contributed by atoms with Gasteiger partial charge in [-0.1, -0.05) is 6.92 Å². The SMILES string of the molecule is CCCN(CCC(=O)Nc1ccc(F)cc1F)C(C)=O. The van der Waals surface area contributed by atoms with E-state index in [-0.39, 0.29) is 24.6 Å². The molecule has 1 rings (SSSR count). The molecule has 2 amide bonds. The van der Waals surface area contributed by atoms with Crippen LogP contribution in [0.25, 0.3) is 0 Å². The molecule has 0 saturated heterocycles. The molecule has 0 bridgehead atoms. The molecule has 0 radical (unpaired) electrons. The van der Waals surface area contributed by atoms with E-state index in [4.69, 9.17) is 0 Å². The van der Waals surface area contributed by atoms with Gasteiger partial charge in [0.25, 0.3) is 0 Å². The number of nitrogens with zero attached hydrogens (tertiary/aromatic N) is 1. The fraction of sp³-hybridized carbons (Fsp3) is 0.429. The highest BCUT2D eigenvalue weighted by atomic mass is 19.1. The average molecular weight is 284 g/mol. The highest BCUT2D eigenvalue weighted by Crippen LogP contribution is 2.15. The zero-order chi connectivity index (χ0) is 15.1. The predicted molar refractivity (Wildman–Crippen MR) is 72.1 cm³/mol. The molecule has 1 aromatic carbocycles. The summed E-state index contributed by atoms with van der Waals surface area (Å²) >= 11 is 0. The number of amides is 2. The molecule has 110 valence electrons. The molecule has 1 N–H and O–H groups in total. The highest BCUT2D eigenvalue weighted by Gasteiger charge is 2.12. The van der Waals surface area contributed by atoms with Gasteiger partial charge in [0, 0.05) is 32.5 Å². The Kier molecular flexibility index (Phi) is 6.09. The van der Waals surface area contributed by atoms with Crippen LogP contribution in [0.2, 0.25) is 0 Å². The second kappa shape index (κ2) is 7.57. The topological polar surface area (TPSA) is 49.4 Å². The lowest BCUT2D eigenvalue weighted by atomic mass is 10.2. The van der Waals surface area contributed by atoms with Crippen LogP contribution in [0.1, 0.15) is 26.7 Å². The third kappa shape index (κ3) is 4.95. The third-order valence-electron chi connectivity index (χ3n) is 2.75. The molecule has 0 saturated carbocycles. The number of carbonyl (C=O) groups is 2. The van der Waals surface area contributed by atoms with Gasteiger partial charge in [0.15, 0.2) is 0 Å². The van der Waals surface area contributed by atoms with Crippen molar-refractivity contribution in [1.82, 2.24) is 4.90 Å². The number of nitrogens with one attached hydrogen (secondary N) is 1. The van der Waals surface area contributed by atoms with E-state index in [1.165, 1.54) is 6.92 Å². The Labute approximate surface area is 116 Å². The molecule has 0 fully saturated rings. The Morgan fingerprint density at radius 2 is 1.95 bits per heavy atom. The molecule has 0 atom stereocenters. The van der Waals surface area contributed by atoms with Crippen molar-refractivity contribution in [2.75, 3.05) is 18.4 Å². The summed E-state index contributed by atoms with van der Waals surface area (Å²) in [6, 6.07) is 2.93. The Morgan fingerprint density at radius 1 is 1.25 bits per heavy atom. The normalized spacial score (nSPS) is 10.2. The van der Waals surface area contributed by atoms with E-state index < -0.39 is 17.5 Å². The van der Waals surface area contributed by atoms with Crippen LogP contribution < -0.4 is 5.32 Å². The van der Waals surface area contributed by atoms with E-state index >= 15 is 0 Å². The fourth-order valence-electron chi connectivity index (χ4n) is 1.74. The molecular weight excluding hydrogens is 266 g/mol. The van der Waals surface area contributed by atoms with Gasteiger partial charge in [0.1, 0.15) is 11.6 Å². The molecule has 20 heavy (non-hydrogen) atoms. The first kappa shape index (κ1) is 16.1. The summed E-state index contributed by atoms with van der Waals surface area (Å²) < 4.78 is 26.1. The molecule has 0 aromatic heterocycles. The number of hydrogen-bond acceptors (Lipinski definition) is 2. The standard InChI is InChI=1S/C14H18F2N2O2/c1-3-7-18(10(2)19)8-6-14(20)17-13-5-4-11(15)9-12(13)16/h4-5,9H,3,6-8H2,1-2H3,(H,17,20). The van der Waals surface area contributed by atoms with E-state index in [1.807, 2.05) is 6.92 Å². The summed E-state index contributed by atoms with van der Waals surface area (Å²) in [5.41, 5.74) is -0.0683. The van der Waals surface area contributed by atoms with Crippen LogP contribution in [0.4, 0.5) is 14.5 Å². The minimum absolute atomic E-state index is 0.0659. The van der Waals surface area contributed by atoms with Gasteiger partial charge >= 0.3 is 0 Å². The molecule has 0 heterocycles. The molecule has 0 spiro atoms. The number of halogens is 2. The van der Waals surface area contributed by atoms with Crippen molar-refractivity contribution in [3.63, 3.8) is 0 Å². The number of anilines is 1. The largest absolute Gasteiger partial charge is 0.342 e. The van der Waals surface area contributed by atoms with Crippen LogP contribution in [0.15, 0.2) is 18.2 Å². The molecule has 0 aliphatic rings. The van der Waals surface area contributed by atoms with Crippen molar-refractivity contribution >= 4 is 17.5 Å². The highest BCUT2D eigenvalue weighted by molar-refractivity contribution is 5.91. The van der Waals surface area contributed by atoms with E-state index in [9.17, 15) is 18.4 Å². The minimum Gasteiger partial charge on any atom is -0.342 e. The lowest BCUT2D eigenvalue weighted by Gasteiger charge is -2.19. The van der Waals surface area contributed by atoms with Gasteiger partial charge in [-0.25, -0.2) is 8.78 Å². The van der Waals surface area contributed by atoms with Gasteiger partial charge < -0.3 is 10.2 Å². The lowest BCUT2D eigenvalue weighted by Crippen LogP contribution is -2.32. The Hall–Kier alpha value is -1.98. The number of carbonyl (C=O) groups excluding carboxylic acids is 2. The quantitative estimate of drug-likeness (QED) is 0.872. The van der Waals surface area contributed by atoms with Gasteiger partial charge in [-0.3, -0.25) is 9.59 Å². The Morgan fingerprint density at radius 3 is 2.50 bits per heavy atom. The van der Waals surface area contributed by atoms with Crippen molar-refractivity contribution in [1.29, 1.82) is 0 Å². The van der Waals surface area contributed by atoms with Crippen LogP contribution >= 0.6 is 0 Å². The summed E-state index contributed by atoms with van der Waals surface area (Å²) in [7, 11) is 0. The molecule has 0 aliphatic carbocycles. The molecule has 1 aromatic rings. The first-order valence-electron chi connectivity index (χ1n) is 6.44. The van der Waals surface area contributed by atoms with Crippen LogP contribution in [0, 0.1) is 11.6 Å². The third-order valence-corrected chi connectivity index (χ3v) is 2.75. The van der Waals surface area contributed by atoms with Gasteiger partial charge in [-0.05, 0) is 18.6 Å². The second-order valence-corrected chi connectivity index (χ2v) is 4.43. The summed E-state index contributed by atoms with van der Waals surface area (Å²) in [4.78, 5) is 24.5. The monoisotopic (exact) mass is 284 g/mol. The van der Waals surface area contributed by atoms with E-state index in [2.05, 4.69) is 5.32 Å². The van der Waals surface area contributed by atoms with Crippen LogP contribution in [0.5, 0.6) is 0 Å². The second-order valence-electron chi connectivity index (χ2n) is 4.43. The van der Waals surface area contributed by atoms with Gasteiger partial charge in [0.2, 0.25) is 11.8 Å². The van der Waals surface area contributed by atoms with Crippen molar-refractivity contribution in [2.45, 2.75) is 26.7 Å². The summed E-state index contributed by atoms with van der Waals surface area (Å²) in [5, 5.41) is 2.36. The number of benzene rings is 1. The van der Waals surface area contributed by atoms with Crippen molar-refractivity contribution in [3.8, 4) is 0 Å². The van der Waals surface area contributed by atoms with E-state index in [1.54, 1.807) is 4.90 Å². The lowest BCUT2D eigenvalue weighted by molar-refractivity contribution is -0.129. The van der Waals surface area contributed by atoms with Gasteiger partial charge in [-0.2, -0.15) is 0 Å². The average Bonchev–Trinajstić information content (AvgIpc) is 2.37. The first-order valence-corrected chi connectivity index (χ1v) is 6.44. The summed E-state index contributed by atoms with van der Waals surface area (Å²) in [6.45, 7) is 4.22. The van der Waals surface area contributed by atoms with Crippen LogP contribution in [-0.2, 0) is 9.59 Å². The van der Waals surface area contributed by atoms with E-state index in [0.717, 1.165) is 18.6 Å².